The third-order valence-electron chi connectivity index (χ3n) is 3.26. The van der Waals surface area contributed by atoms with Crippen molar-refractivity contribution in [3.8, 4) is 0 Å². The Morgan fingerprint density at radius 3 is 2.71 bits per heavy atom. The van der Waals surface area contributed by atoms with Crippen LogP contribution in [0.15, 0.2) is 29.3 Å². The minimum atomic E-state index is -3.73. The highest BCUT2D eigenvalue weighted by molar-refractivity contribution is 7.89. The molecule has 2 aromatic rings. The molecule has 0 atom stereocenters. The van der Waals surface area contributed by atoms with Gasteiger partial charge in [-0.05, 0) is 36.2 Å². The number of sulfonamides is 1. The zero-order valence-corrected chi connectivity index (χ0v) is 13.2. The maximum absolute atomic E-state index is 12.4. The summed E-state index contributed by atoms with van der Waals surface area (Å²) in [6, 6.07) is 4.66. The van der Waals surface area contributed by atoms with Gasteiger partial charge in [-0.1, -0.05) is 11.6 Å². The summed E-state index contributed by atoms with van der Waals surface area (Å²) in [5.41, 5.74) is 1.71. The normalized spacial score (nSPS) is 11.8. The van der Waals surface area contributed by atoms with Crippen molar-refractivity contribution in [2.75, 3.05) is 0 Å². The summed E-state index contributed by atoms with van der Waals surface area (Å²) in [5, 5.41) is 13.5. The Bertz CT molecular complexity index is 756. The molecule has 2 rings (SSSR count). The lowest BCUT2D eigenvalue weighted by Crippen LogP contribution is -2.25. The number of halogens is 1. The first-order chi connectivity index (χ1) is 9.85. The zero-order chi connectivity index (χ0) is 15.6. The van der Waals surface area contributed by atoms with E-state index in [4.69, 9.17) is 11.6 Å². The highest BCUT2D eigenvalue weighted by Crippen LogP contribution is 2.24. The fourth-order valence-electron chi connectivity index (χ4n) is 1.97. The second kappa shape index (κ2) is 6.15. The summed E-state index contributed by atoms with van der Waals surface area (Å²) < 4.78 is 28.9. The summed E-state index contributed by atoms with van der Waals surface area (Å²) in [5.74, 6) is 0. The molecule has 0 radical (unpaired) electrons. The van der Waals surface area contributed by atoms with Gasteiger partial charge in [-0.15, -0.1) is 0 Å². The van der Waals surface area contributed by atoms with E-state index >= 15 is 0 Å². The Labute approximate surface area is 128 Å². The van der Waals surface area contributed by atoms with Crippen molar-refractivity contribution in [2.45, 2.75) is 25.0 Å². The molecule has 0 saturated carbocycles. The summed E-state index contributed by atoms with van der Waals surface area (Å²) in [7, 11) is -1.99. The van der Waals surface area contributed by atoms with Crippen LogP contribution in [0.1, 0.15) is 16.8 Å². The quantitative estimate of drug-likeness (QED) is 0.867. The van der Waals surface area contributed by atoms with Gasteiger partial charge in [0.05, 0.1) is 23.7 Å². The topological polar surface area (TPSA) is 84.2 Å². The number of nitrogens with zero attached hydrogens (tertiary/aromatic N) is 2. The van der Waals surface area contributed by atoms with Crippen LogP contribution >= 0.6 is 11.6 Å². The summed E-state index contributed by atoms with van der Waals surface area (Å²) in [6.45, 7) is 1.50. The smallest absolute Gasteiger partial charge is 0.241 e. The highest BCUT2D eigenvalue weighted by Gasteiger charge is 2.19. The van der Waals surface area contributed by atoms with E-state index < -0.39 is 10.0 Å². The lowest BCUT2D eigenvalue weighted by Gasteiger charge is -2.12. The van der Waals surface area contributed by atoms with Gasteiger partial charge < -0.3 is 5.11 Å². The van der Waals surface area contributed by atoms with Gasteiger partial charge in [-0.3, -0.25) is 4.68 Å². The highest BCUT2D eigenvalue weighted by atomic mass is 35.5. The molecule has 114 valence electrons. The number of aryl methyl sites for hydroxylation is 1. The van der Waals surface area contributed by atoms with E-state index in [-0.39, 0.29) is 23.1 Å². The monoisotopic (exact) mass is 329 g/mol. The first-order valence-electron chi connectivity index (χ1n) is 6.21. The molecule has 0 aliphatic heterocycles. The Morgan fingerprint density at radius 1 is 1.43 bits per heavy atom. The van der Waals surface area contributed by atoms with Crippen molar-refractivity contribution < 1.29 is 13.5 Å². The van der Waals surface area contributed by atoms with E-state index in [2.05, 4.69) is 9.82 Å². The zero-order valence-electron chi connectivity index (χ0n) is 11.7. The van der Waals surface area contributed by atoms with Gasteiger partial charge in [0.1, 0.15) is 0 Å². The lowest BCUT2D eigenvalue weighted by atomic mass is 10.1. The van der Waals surface area contributed by atoms with Crippen molar-refractivity contribution in [1.29, 1.82) is 0 Å². The van der Waals surface area contributed by atoms with Crippen molar-refractivity contribution in [3.63, 3.8) is 0 Å². The van der Waals surface area contributed by atoms with Crippen LogP contribution in [0.2, 0.25) is 5.02 Å². The Balaban J connectivity index is 2.32. The Morgan fingerprint density at radius 2 is 2.14 bits per heavy atom. The van der Waals surface area contributed by atoms with Crippen molar-refractivity contribution >= 4 is 21.6 Å². The molecule has 1 aromatic heterocycles. The third kappa shape index (κ3) is 3.44. The van der Waals surface area contributed by atoms with E-state index in [0.717, 1.165) is 5.69 Å². The maximum atomic E-state index is 12.4. The predicted octanol–water partition coefficient (Wildman–Crippen LogP) is 1.35. The molecule has 1 heterocycles. The number of hydrogen-bond acceptors (Lipinski definition) is 4. The molecular weight excluding hydrogens is 314 g/mol. The summed E-state index contributed by atoms with van der Waals surface area (Å²) >= 11 is 5.91. The largest absolute Gasteiger partial charge is 0.392 e. The third-order valence-corrected chi connectivity index (χ3v) is 5.00. The first-order valence-corrected chi connectivity index (χ1v) is 8.07. The minimum Gasteiger partial charge on any atom is -0.392 e. The van der Waals surface area contributed by atoms with Crippen molar-refractivity contribution in [1.82, 2.24) is 14.5 Å². The molecular formula is C13H16ClN3O3S. The number of hydrogen-bond donors (Lipinski definition) is 2. The van der Waals surface area contributed by atoms with Gasteiger partial charge in [0, 0.05) is 18.3 Å². The number of rotatable bonds is 5. The van der Waals surface area contributed by atoms with Crippen LogP contribution in [0, 0.1) is 6.92 Å². The van der Waals surface area contributed by atoms with Crippen LogP contribution < -0.4 is 4.72 Å². The average Bonchev–Trinajstić information content (AvgIpc) is 2.84. The average molecular weight is 330 g/mol. The molecule has 0 aliphatic carbocycles. The molecule has 1 aromatic carbocycles. The lowest BCUT2D eigenvalue weighted by molar-refractivity contribution is 0.280. The van der Waals surface area contributed by atoms with E-state index in [9.17, 15) is 13.5 Å². The van der Waals surface area contributed by atoms with Gasteiger partial charge in [-0.25, -0.2) is 13.1 Å². The van der Waals surface area contributed by atoms with Crippen LogP contribution in [0.4, 0.5) is 0 Å². The molecule has 0 spiro atoms. The fraction of sp³-hybridized carbons (Fsp3) is 0.308. The van der Waals surface area contributed by atoms with Gasteiger partial charge >= 0.3 is 0 Å². The van der Waals surface area contributed by atoms with E-state index in [1.54, 1.807) is 37.0 Å². The fourth-order valence-corrected chi connectivity index (χ4v) is 3.59. The summed E-state index contributed by atoms with van der Waals surface area (Å²) in [6.07, 6.45) is 1.60. The van der Waals surface area contributed by atoms with Crippen molar-refractivity contribution in [3.05, 3.63) is 46.2 Å². The second-order valence-corrected chi connectivity index (χ2v) is 6.79. The maximum Gasteiger partial charge on any atom is 0.241 e. The van der Waals surface area contributed by atoms with Gasteiger partial charge in [0.25, 0.3) is 0 Å². The molecule has 0 saturated heterocycles. The second-order valence-electron chi connectivity index (χ2n) is 4.62. The molecule has 2 N–H and O–H groups in total. The molecule has 0 fully saturated rings. The Kier molecular flexibility index (Phi) is 4.67. The van der Waals surface area contributed by atoms with Gasteiger partial charge in [-0.2, -0.15) is 5.10 Å². The molecule has 6 nitrogen and oxygen atoms in total. The van der Waals surface area contributed by atoms with Crippen LogP contribution in [-0.2, 0) is 30.2 Å². The minimum absolute atomic E-state index is 0.0706. The number of aliphatic hydroxyl groups excluding tert-OH is 1. The number of benzene rings is 1. The molecule has 0 aliphatic rings. The van der Waals surface area contributed by atoms with Gasteiger partial charge in [0.15, 0.2) is 0 Å². The van der Waals surface area contributed by atoms with Crippen molar-refractivity contribution in [2.24, 2.45) is 7.05 Å². The number of aromatic nitrogens is 2. The first kappa shape index (κ1) is 16.0. The number of nitrogens with one attached hydrogen (secondary N) is 1. The molecule has 0 bridgehead atoms. The molecule has 8 heteroatoms. The molecule has 0 amide bonds. The van der Waals surface area contributed by atoms with E-state index in [1.165, 1.54) is 6.07 Å². The SMILES string of the molecule is Cc1c(CO)cc(Cl)cc1S(=O)(=O)NCc1ccnn1C. The molecule has 21 heavy (non-hydrogen) atoms. The van der Waals surface area contributed by atoms with Crippen LogP contribution in [-0.4, -0.2) is 23.3 Å². The molecule has 0 unspecified atom stereocenters. The van der Waals surface area contributed by atoms with Crippen LogP contribution in [0.5, 0.6) is 0 Å². The predicted molar refractivity (Wildman–Crippen MR) is 79.3 cm³/mol. The Hall–Kier alpha value is -1.41. The standard InChI is InChI=1S/C13H16ClN3O3S/c1-9-10(8-18)5-11(14)6-13(9)21(19,20)16-7-12-3-4-15-17(12)2/h3-6,16,18H,7-8H2,1-2H3. The van der Waals surface area contributed by atoms with Crippen LogP contribution in [0.3, 0.4) is 0 Å². The summed E-state index contributed by atoms with van der Waals surface area (Å²) in [4.78, 5) is 0.0706. The van der Waals surface area contributed by atoms with E-state index in [1.807, 2.05) is 0 Å². The van der Waals surface area contributed by atoms with E-state index in [0.29, 0.717) is 11.1 Å². The number of aliphatic hydroxyl groups is 1. The van der Waals surface area contributed by atoms with Gasteiger partial charge in [0.2, 0.25) is 10.0 Å². The van der Waals surface area contributed by atoms with Crippen LogP contribution in [0.25, 0.3) is 0 Å².